The molecule has 2 rings (SSSR count). The maximum atomic E-state index is 5.71. The zero-order valence-electron chi connectivity index (χ0n) is 12.5. The van der Waals surface area contributed by atoms with Gasteiger partial charge in [-0.2, -0.15) is 0 Å². The number of rotatable bonds is 5. The van der Waals surface area contributed by atoms with Gasteiger partial charge in [-0.3, -0.25) is 0 Å². The van der Waals surface area contributed by atoms with Gasteiger partial charge < -0.3 is 10.1 Å². The molecule has 0 amide bonds. The van der Waals surface area contributed by atoms with Gasteiger partial charge in [-0.15, -0.1) is 0 Å². The summed E-state index contributed by atoms with van der Waals surface area (Å²) in [6.07, 6.45) is 0.804. The van der Waals surface area contributed by atoms with E-state index in [0.29, 0.717) is 6.61 Å². The standard InChI is InChI=1S/C16H21N3O/c1-5-14-18-15(11(3)16(17-4)19-14)12-9-7-8-10-13(12)20-6-2/h7-10H,5-6H2,1-4H3,(H,17,18,19). The predicted molar refractivity (Wildman–Crippen MR) is 82.3 cm³/mol. The number of hydrogen-bond donors (Lipinski definition) is 1. The molecule has 0 aliphatic heterocycles. The summed E-state index contributed by atoms with van der Waals surface area (Å²) in [6.45, 7) is 6.71. The zero-order chi connectivity index (χ0) is 14.5. The number of benzene rings is 1. The van der Waals surface area contributed by atoms with Gasteiger partial charge in [-0.1, -0.05) is 19.1 Å². The van der Waals surface area contributed by atoms with Gasteiger partial charge in [-0.05, 0) is 26.0 Å². The van der Waals surface area contributed by atoms with Crippen LogP contribution in [0.15, 0.2) is 24.3 Å². The molecule has 0 atom stereocenters. The molecule has 4 heteroatoms. The van der Waals surface area contributed by atoms with E-state index in [-0.39, 0.29) is 0 Å². The molecule has 1 aromatic carbocycles. The Morgan fingerprint density at radius 2 is 1.90 bits per heavy atom. The molecule has 1 N–H and O–H groups in total. The van der Waals surface area contributed by atoms with E-state index in [1.165, 1.54) is 0 Å². The van der Waals surface area contributed by atoms with Gasteiger partial charge in [0.25, 0.3) is 0 Å². The molecule has 1 aromatic heterocycles. The lowest BCUT2D eigenvalue weighted by Gasteiger charge is -2.14. The first-order chi connectivity index (χ1) is 9.71. The lowest BCUT2D eigenvalue weighted by Crippen LogP contribution is -2.05. The van der Waals surface area contributed by atoms with Crippen molar-refractivity contribution < 1.29 is 4.74 Å². The van der Waals surface area contributed by atoms with Crippen LogP contribution in [-0.2, 0) is 6.42 Å². The molecule has 0 saturated carbocycles. The highest BCUT2D eigenvalue weighted by Crippen LogP contribution is 2.32. The van der Waals surface area contributed by atoms with E-state index in [4.69, 9.17) is 4.74 Å². The summed E-state index contributed by atoms with van der Waals surface area (Å²) in [7, 11) is 1.88. The fourth-order valence-corrected chi connectivity index (χ4v) is 2.17. The number of aryl methyl sites for hydroxylation is 1. The normalized spacial score (nSPS) is 10.4. The lowest BCUT2D eigenvalue weighted by atomic mass is 10.1. The van der Waals surface area contributed by atoms with E-state index in [0.717, 1.165) is 40.6 Å². The number of para-hydroxylation sites is 1. The predicted octanol–water partition coefficient (Wildman–Crippen LogP) is 3.45. The Balaban J connectivity index is 2.62. The van der Waals surface area contributed by atoms with E-state index in [2.05, 4.69) is 22.2 Å². The van der Waals surface area contributed by atoms with Crippen LogP contribution >= 0.6 is 0 Å². The summed E-state index contributed by atoms with van der Waals surface area (Å²) in [6, 6.07) is 8.00. The Morgan fingerprint density at radius 3 is 2.55 bits per heavy atom. The Bertz CT molecular complexity index is 596. The maximum absolute atomic E-state index is 5.71. The summed E-state index contributed by atoms with van der Waals surface area (Å²) in [5.41, 5.74) is 2.99. The fourth-order valence-electron chi connectivity index (χ4n) is 2.17. The molecule has 0 spiro atoms. The minimum Gasteiger partial charge on any atom is -0.493 e. The summed E-state index contributed by atoms with van der Waals surface area (Å²) >= 11 is 0. The minimum absolute atomic E-state index is 0.640. The van der Waals surface area contributed by atoms with E-state index in [9.17, 15) is 0 Å². The van der Waals surface area contributed by atoms with E-state index in [1.807, 2.05) is 45.2 Å². The molecule has 20 heavy (non-hydrogen) atoms. The third kappa shape index (κ3) is 2.74. The van der Waals surface area contributed by atoms with Crippen LogP contribution in [0.4, 0.5) is 5.82 Å². The monoisotopic (exact) mass is 271 g/mol. The Morgan fingerprint density at radius 1 is 1.15 bits per heavy atom. The van der Waals surface area contributed by atoms with Crippen LogP contribution in [-0.4, -0.2) is 23.6 Å². The highest BCUT2D eigenvalue weighted by molar-refractivity contribution is 5.73. The molecular weight excluding hydrogens is 250 g/mol. The highest BCUT2D eigenvalue weighted by atomic mass is 16.5. The van der Waals surface area contributed by atoms with Crippen LogP contribution in [0.1, 0.15) is 25.2 Å². The summed E-state index contributed by atoms with van der Waals surface area (Å²) in [4.78, 5) is 9.19. The van der Waals surface area contributed by atoms with Gasteiger partial charge in [0.2, 0.25) is 0 Å². The van der Waals surface area contributed by atoms with Crippen molar-refractivity contribution in [3.63, 3.8) is 0 Å². The van der Waals surface area contributed by atoms with Crippen LogP contribution in [0.2, 0.25) is 0 Å². The zero-order valence-corrected chi connectivity index (χ0v) is 12.5. The van der Waals surface area contributed by atoms with Gasteiger partial charge >= 0.3 is 0 Å². The van der Waals surface area contributed by atoms with Crippen LogP contribution in [0.5, 0.6) is 5.75 Å². The number of nitrogens with zero attached hydrogens (tertiary/aromatic N) is 2. The van der Waals surface area contributed by atoms with Gasteiger partial charge in [0.05, 0.1) is 12.3 Å². The number of ether oxygens (including phenoxy) is 1. The summed E-state index contributed by atoms with van der Waals surface area (Å²) < 4.78 is 5.71. The van der Waals surface area contributed by atoms with E-state index < -0.39 is 0 Å². The second-order valence-corrected chi connectivity index (χ2v) is 4.49. The van der Waals surface area contributed by atoms with Crippen molar-refractivity contribution >= 4 is 5.82 Å². The first-order valence-corrected chi connectivity index (χ1v) is 6.98. The third-order valence-corrected chi connectivity index (χ3v) is 3.19. The SMILES string of the molecule is CCOc1ccccc1-c1nc(CC)nc(NC)c1C. The highest BCUT2D eigenvalue weighted by Gasteiger charge is 2.14. The third-order valence-electron chi connectivity index (χ3n) is 3.19. The summed E-state index contributed by atoms with van der Waals surface area (Å²) in [5, 5.41) is 3.14. The van der Waals surface area contributed by atoms with Crippen LogP contribution in [0.25, 0.3) is 11.3 Å². The molecule has 0 unspecified atom stereocenters. The first-order valence-electron chi connectivity index (χ1n) is 6.98. The molecule has 1 heterocycles. The van der Waals surface area contributed by atoms with Crippen LogP contribution in [0, 0.1) is 6.92 Å². The number of anilines is 1. The average molecular weight is 271 g/mol. The van der Waals surface area contributed by atoms with Crippen molar-refractivity contribution in [2.24, 2.45) is 0 Å². The molecule has 0 bridgehead atoms. The fraction of sp³-hybridized carbons (Fsp3) is 0.375. The van der Waals surface area contributed by atoms with Gasteiger partial charge in [0, 0.05) is 24.6 Å². The first kappa shape index (κ1) is 14.3. The number of hydrogen-bond acceptors (Lipinski definition) is 4. The van der Waals surface area contributed by atoms with Crippen molar-refractivity contribution in [2.45, 2.75) is 27.2 Å². The minimum atomic E-state index is 0.640. The van der Waals surface area contributed by atoms with Gasteiger partial charge in [-0.25, -0.2) is 9.97 Å². The maximum Gasteiger partial charge on any atom is 0.133 e. The molecule has 4 nitrogen and oxygen atoms in total. The quantitative estimate of drug-likeness (QED) is 0.904. The Hall–Kier alpha value is -2.10. The largest absolute Gasteiger partial charge is 0.493 e. The molecule has 0 saturated heterocycles. The number of aromatic nitrogens is 2. The van der Waals surface area contributed by atoms with Crippen molar-refractivity contribution in [2.75, 3.05) is 19.0 Å². The molecule has 2 aromatic rings. The molecule has 0 aliphatic rings. The van der Waals surface area contributed by atoms with Crippen LogP contribution < -0.4 is 10.1 Å². The van der Waals surface area contributed by atoms with E-state index in [1.54, 1.807) is 0 Å². The van der Waals surface area contributed by atoms with Crippen molar-refractivity contribution in [1.82, 2.24) is 9.97 Å². The average Bonchev–Trinajstić information content (AvgIpc) is 2.49. The molecular formula is C16H21N3O. The molecule has 0 fully saturated rings. The van der Waals surface area contributed by atoms with Crippen molar-refractivity contribution in [1.29, 1.82) is 0 Å². The van der Waals surface area contributed by atoms with Crippen molar-refractivity contribution in [3.8, 4) is 17.0 Å². The topological polar surface area (TPSA) is 47.0 Å². The second kappa shape index (κ2) is 6.37. The summed E-state index contributed by atoms with van der Waals surface area (Å²) in [5.74, 6) is 2.57. The van der Waals surface area contributed by atoms with Crippen LogP contribution in [0.3, 0.4) is 0 Å². The van der Waals surface area contributed by atoms with Gasteiger partial charge in [0.15, 0.2) is 0 Å². The van der Waals surface area contributed by atoms with Gasteiger partial charge in [0.1, 0.15) is 17.4 Å². The van der Waals surface area contributed by atoms with Crippen molar-refractivity contribution in [3.05, 3.63) is 35.7 Å². The number of nitrogens with one attached hydrogen (secondary N) is 1. The Kier molecular flexibility index (Phi) is 4.56. The molecule has 106 valence electrons. The smallest absolute Gasteiger partial charge is 0.133 e. The Labute approximate surface area is 120 Å². The second-order valence-electron chi connectivity index (χ2n) is 4.49. The molecule has 0 radical (unpaired) electrons. The lowest BCUT2D eigenvalue weighted by molar-refractivity contribution is 0.341. The molecule has 0 aliphatic carbocycles. The van der Waals surface area contributed by atoms with E-state index >= 15 is 0 Å².